The van der Waals surface area contributed by atoms with Crippen LogP contribution in [0.3, 0.4) is 0 Å². The van der Waals surface area contributed by atoms with Crippen molar-refractivity contribution in [2.24, 2.45) is 0 Å². The Morgan fingerprint density at radius 2 is 1.95 bits per heavy atom. The second kappa shape index (κ2) is 6.98. The number of hydrogen-bond acceptors (Lipinski definition) is 3. The highest BCUT2D eigenvalue weighted by Crippen LogP contribution is 2.33. The van der Waals surface area contributed by atoms with Gasteiger partial charge in [-0.25, -0.2) is 0 Å². The van der Waals surface area contributed by atoms with E-state index in [1.165, 1.54) is 6.07 Å². The summed E-state index contributed by atoms with van der Waals surface area (Å²) >= 11 is 3.21. The fraction of sp³-hybridized carbons (Fsp3) is 0.571. The van der Waals surface area contributed by atoms with Crippen molar-refractivity contribution in [3.63, 3.8) is 0 Å². The van der Waals surface area contributed by atoms with E-state index in [4.69, 9.17) is 0 Å². The van der Waals surface area contributed by atoms with Crippen molar-refractivity contribution >= 4 is 21.6 Å². The maximum Gasteiger partial charge on any atom is 0.416 e. The lowest BCUT2D eigenvalue weighted by atomic mass is 10.2. The molecular weight excluding hydrogens is 349 g/mol. The van der Waals surface area contributed by atoms with Gasteiger partial charge in [-0.05, 0) is 60.1 Å². The van der Waals surface area contributed by atoms with E-state index >= 15 is 0 Å². The Hall–Kier alpha value is -0.790. The van der Waals surface area contributed by atoms with Crippen LogP contribution in [0.4, 0.5) is 18.9 Å². The number of rotatable bonds is 5. The minimum absolute atomic E-state index is 0.219. The van der Waals surface area contributed by atoms with E-state index in [0.29, 0.717) is 16.7 Å². The van der Waals surface area contributed by atoms with Crippen LogP contribution in [0.1, 0.15) is 18.4 Å². The van der Waals surface area contributed by atoms with E-state index in [1.807, 2.05) is 0 Å². The van der Waals surface area contributed by atoms with Gasteiger partial charge in [0.25, 0.3) is 0 Å². The van der Waals surface area contributed by atoms with Gasteiger partial charge >= 0.3 is 6.18 Å². The highest BCUT2D eigenvalue weighted by molar-refractivity contribution is 9.10. The number of nitrogens with one attached hydrogen (secondary N) is 1. The van der Waals surface area contributed by atoms with Crippen molar-refractivity contribution in [1.29, 1.82) is 0 Å². The molecule has 0 aliphatic carbocycles. The summed E-state index contributed by atoms with van der Waals surface area (Å²) < 4.78 is 38.6. The summed E-state index contributed by atoms with van der Waals surface area (Å²) in [6.45, 7) is 2.72. The van der Waals surface area contributed by atoms with E-state index in [0.717, 1.165) is 38.1 Å². The molecule has 1 saturated heterocycles. The predicted octanol–water partition coefficient (Wildman–Crippen LogP) is 3.34. The first-order valence-corrected chi connectivity index (χ1v) is 7.66. The maximum atomic E-state index is 12.7. The van der Waals surface area contributed by atoms with E-state index in [9.17, 15) is 18.3 Å². The van der Waals surface area contributed by atoms with Crippen LogP contribution in [0.2, 0.25) is 0 Å². The topological polar surface area (TPSA) is 35.5 Å². The smallest absolute Gasteiger partial charge is 0.390 e. The van der Waals surface area contributed by atoms with Crippen molar-refractivity contribution in [3.05, 3.63) is 28.2 Å². The number of hydrogen-bond donors (Lipinski definition) is 2. The summed E-state index contributed by atoms with van der Waals surface area (Å²) in [5.74, 6) is 0. The van der Waals surface area contributed by atoms with Gasteiger partial charge in [-0.1, -0.05) is 0 Å². The number of nitrogens with zero attached hydrogens (tertiary/aromatic N) is 1. The Balaban J connectivity index is 1.92. The van der Waals surface area contributed by atoms with Crippen LogP contribution in [-0.4, -0.2) is 42.3 Å². The molecule has 2 N–H and O–H groups in total. The Morgan fingerprint density at radius 3 is 2.57 bits per heavy atom. The van der Waals surface area contributed by atoms with Gasteiger partial charge in [-0.3, -0.25) is 0 Å². The molecule has 118 valence electrons. The van der Waals surface area contributed by atoms with Gasteiger partial charge < -0.3 is 15.3 Å². The molecule has 2 rings (SSSR count). The van der Waals surface area contributed by atoms with Crippen LogP contribution < -0.4 is 5.32 Å². The number of alkyl halides is 3. The van der Waals surface area contributed by atoms with E-state index in [-0.39, 0.29) is 6.54 Å². The first-order chi connectivity index (χ1) is 9.86. The molecule has 21 heavy (non-hydrogen) atoms. The summed E-state index contributed by atoms with van der Waals surface area (Å²) in [7, 11) is 0. The standard InChI is InChI=1S/C14H18BrF3N2O/c15-12-4-3-10(14(16,17)18)7-13(12)19-8-11(21)9-20-5-1-2-6-20/h3-4,7,11,19,21H,1-2,5-6,8-9H2. The summed E-state index contributed by atoms with van der Waals surface area (Å²) in [6.07, 6.45) is -2.70. The van der Waals surface area contributed by atoms with Gasteiger partial charge in [-0.2, -0.15) is 13.2 Å². The van der Waals surface area contributed by atoms with Gasteiger partial charge in [-0.15, -0.1) is 0 Å². The zero-order valence-electron chi connectivity index (χ0n) is 11.5. The lowest BCUT2D eigenvalue weighted by molar-refractivity contribution is -0.137. The van der Waals surface area contributed by atoms with E-state index in [2.05, 4.69) is 26.1 Å². The van der Waals surface area contributed by atoms with Crippen LogP contribution in [0.5, 0.6) is 0 Å². The molecule has 1 aromatic carbocycles. The summed E-state index contributed by atoms with van der Waals surface area (Å²) in [4.78, 5) is 2.16. The summed E-state index contributed by atoms with van der Waals surface area (Å²) in [5.41, 5.74) is -0.368. The molecule has 1 unspecified atom stereocenters. The third-order valence-electron chi connectivity index (χ3n) is 3.49. The third-order valence-corrected chi connectivity index (χ3v) is 4.18. The minimum atomic E-state index is -4.37. The first kappa shape index (κ1) is 16.6. The SMILES string of the molecule is OC(CNc1cc(C(F)(F)F)ccc1Br)CN1CCCC1. The van der Waals surface area contributed by atoms with Crippen LogP contribution in [0, 0.1) is 0 Å². The fourth-order valence-electron chi connectivity index (χ4n) is 2.39. The molecule has 1 aliphatic rings. The number of β-amino-alcohol motifs (C(OH)–C–C–N with tert-alkyl or cyclic N) is 1. The van der Waals surface area contributed by atoms with Crippen LogP contribution in [0.25, 0.3) is 0 Å². The third kappa shape index (κ3) is 4.86. The van der Waals surface area contributed by atoms with Crippen molar-refractivity contribution < 1.29 is 18.3 Å². The lowest BCUT2D eigenvalue weighted by Crippen LogP contribution is -2.34. The number of likely N-dealkylation sites (tertiary alicyclic amines) is 1. The lowest BCUT2D eigenvalue weighted by Gasteiger charge is -2.20. The average molecular weight is 367 g/mol. The molecule has 1 aliphatic heterocycles. The molecule has 0 radical (unpaired) electrons. The second-order valence-electron chi connectivity index (χ2n) is 5.23. The Kier molecular flexibility index (Phi) is 5.51. The van der Waals surface area contributed by atoms with Gasteiger partial charge in [0, 0.05) is 23.2 Å². The van der Waals surface area contributed by atoms with Gasteiger partial charge in [0.05, 0.1) is 11.7 Å². The molecule has 3 nitrogen and oxygen atoms in total. The van der Waals surface area contributed by atoms with Crippen molar-refractivity contribution in [2.75, 3.05) is 31.5 Å². The molecule has 1 atom stereocenters. The second-order valence-corrected chi connectivity index (χ2v) is 6.09. The largest absolute Gasteiger partial charge is 0.416 e. The maximum absolute atomic E-state index is 12.7. The molecule has 1 aromatic rings. The number of halogens is 4. The number of aliphatic hydroxyl groups excluding tert-OH is 1. The van der Waals surface area contributed by atoms with E-state index in [1.54, 1.807) is 0 Å². The van der Waals surface area contributed by atoms with Gasteiger partial charge in [0.1, 0.15) is 0 Å². The molecular formula is C14H18BrF3N2O. The van der Waals surface area contributed by atoms with Crippen molar-refractivity contribution in [2.45, 2.75) is 25.1 Å². The molecule has 1 fully saturated rings. The monoisotopic (exact) mass is 366 g/mol. The number of anilines is 1. The van der Waals surface area contributed by atoms with Crippen LogP contribution in [-0.2, 0) is 6.18 Å². The molecule has 0 bridgehead atoms. The highest BCUT2D eigenvalue weighted by Gasteiger charge is 2.31. The Morgan fingerprint density at radius 1 is 1.29 bits per heavy atom. The van der Waals surface area contributed by atoms with Crippen molar-refractivity contribution in [3.8, 4) is 0 Å². The molecule has 1 heterocycles. The summed E-state index contributed by atoms with van der Waals surface area (Å²) in [6, 6.07) is 3.43. The first-order valence-electron chi connectivity index (χ1n) is 6.87. The molecule has 0 saturated carbocycles. The quantitative estimate of drug-likeness (QED) is 0.838. The average Bonchev–Trinajstić information content (AvgIpc) is 2.89. The van der Waals surface area contributed by atoms with Crippen molar-refractivity contribution in [1.82, 2.24) is 4.90 Å². The van der Waals surface area contributed by atoms with Gasteiger partial charge in [0.2, 0.25) is 0 Å². The van der Waals surface area contributed by atoms with Crippen LogP contribution in [0.15, 0.2) is 22.7 Å². The molecule has 0 spiro atoms. The Labute approximate surface area is 130 Å². The molecule has 0 amide bonds. The van der Waals surface area contributed by atoms with E-state index < -0.39 is 17.8 Å². The Bertz CT molecular complexity index is 476. The molecule has 7 heteroatoms. The minimum Gasteiger partial charge on any atom is -0.390 e. The zero-order chi connectivity index (χ0) is 15.5. The summed E-state index contributed by atoms with van der Waals surface area (Å²) in [5, 5.41) is 12.8. The molecule has 0 aromatic heterocycles. The van der Waals surface area contributed by atoms with Gasteiger partial charge in [0.15, 0.2) is 0 Å². The predicted molar refractivity (Wildman–Crippen MR) is 79.3 cm³/mol. The zero-order valence-corrected chi connectivity index (χ0v) is 13.0. The fourth-order valence-corrected chi connectivity index (χ4v) is 2.78. The normalized spacial score (nSPS) is 18.0. The van der Waals surface area contributed by atoms with Crippen LogP contribution >= 0.6 is 15.9 Å². The highest BCUT2D eigenvalue weighted by atomic mass is 79.9. The number of benzene rings is 1. The number of aliphatic hydroxyl groups is 1.